The van der Waals surface area contributed by atoms with E-state index in [0.717, 1.165) is 6.42 Å². The average molecular weight is 278 g/mol. The maximum Gasteiger partial charge on any atom is 0.255 e. The number of nitrogens with two attached hydrogens (primary N) is 1. The van der Waals surface area contributed by atoms with Crippen LogP contribution in [0, 0.1) is 5.41 Å². The van der Waals surface area contributed by atoms with E-state index in [-0.39, 0.29) is 16.9 Å². The topological polar surface area (TPSA) is 64.3 Å². The van der Waals surface area contributed by atoms with Crippen molar-refractivity contribution in [3.8, 4) is 5.75 Å². The zero-order valence-electron chi connectivity index (χ0n) is 13.3. The second-order valence-electron chi connectivity index (χ2n) is 7.04. The molecule has 1 aromatic carbocycles. The molecule has 1 rings (SSSR count). The summed E-state index contributed by atoms with van der Waals surface area (Å²) < 4.78 is 5.22. The minimum atomic E-state index is -0.290. The summed E-state index contributed by atoms with van der Waals surface area (Å²) >= 11 is 0. The van der Waals surface area contributed by atoms with Crippen LogP contribution in [-0.4, -0.2) is 18.6 Å². The first-order chi connectivity index (χ1) is 9.04. The number of amides is 1. The van der Waals surface area contributed by atoms with Gasteiger partial charge in [0.1, 0.15) is 5.75 Å². The molecule has 0 aromatic heterocycles. The van der Waals surface area contributed by atoms with Gasteiger partial charge in [-0.05, 0) is 37.8 Å². The van der Waals surface area contributed by atoms with Gasteiger partial charge in [0.15, 0.2) is 0 Å². The molecule has 112 valence electrons. The van der Waals surface area contributed by atoms with E-state index in [1.165, 1.54) is 7.11 Å². The first-order valence-corrected chi connectivity index (χ1v) is 6.80. The second kappa shape index (κ2) is 5.73. The van der Waals surface area contributed by atoms with E-state index < -0.39 is 0 Å². The molecule has 1 aromatic rings. The Balaban J connectivity index is 2.91. The zero-order valence-corrected chi connectivity index (χ0v) is 13.3. The van der Waals surface area contributed by atoms with E-state index in [9.17, 15) is 4.79 Å². The molecule has 4 nitrogen and oxygen atoms in total. The predicted octanol–water partition coefficient (Wildman–Crippen LogP) is 3.22. The number of hydrogen-bond acceptors (Lipinski definition) is 3. The van der Waals surface area contributed by atoms with Gasteiger partial charge < -0.3 is 15.8 Å². The van der Waals surface area contributed by atoms with Gasteiger partial charge in [0.05, 0.1) is 12.7 Å². The highest BCUT2D eigenvalue weighted by Crippen LogP contribution is 2.28. The van der Waals surface area contributed by atoms with Crippen LogP contribution >= 0.6 is 0 Å². The fourth-order valence-corrected chi connectivity index (χ4v) is 2.64. The van der Waals surface area contributed by atoms with Crippen molar-refractivity contribution in [1.29, 1.82) is 0 Å². The molecule has 0 aliphatic heterocycles. The molecular formula is C16H26N2O2. The quantitative estimate of drug-likeness (QED) is 0.831. The second-order valence-corrected chi connectivity index (χ2v) is 7.04. The number of rotatable bonds is 4. The lowest BCUT2D eigenvalue weighted by Gasteiger charge is -2.33. The standard InChI is InChI=1S/C16H26N2O2/c1-15(2,3)10-16(4,5)18-14(19)12-8-7-11(17)9-13(12)20-6/h7-9H,10,17H2,1-6H3,(H,18,19). The summed E-state index contributed by atoms with van der Waals surface area (Å²) in [5, 5.41) is 3.06. The number of hydrogen-bond donors (Lipinski definition) is 2. The van der Waals surface area contributed by atoms with Gasteiger partial charge in [-0.2, -0.15) is 0 Å². The number of anilines is 1. The minimum Gasteiger partial charge on any atom is -0.496 e. The summed E-state index contributed by atoms with van der Waals surface area (Å²) in [6.45, 7) is 10.5. The van der Waals surface area contributed by atoms with Crippen LogP contribution in [0.1, 0.15) is 51.4 Å². The SMILES string of the molecule is COc1cc(N)ccc1C(=O)NC(C)(C)CC(C)(C)C. The molecule has 0 fully saturated rings. The zero-order chi connectivity index (χ0) is 15.6. The fraction of sp³-hybridized carbons (Fsp3) is 0.562. The van der Waals surface area contributed by atoms with Crippen molar-refractivity contribution in [3.05, 3.63) is 23.8 Å². The fourth-order valence-electron chi connectivity index (χ4n) is 2.64. The molecule has 0 unspecified atom stereocenters. The number of methoxy groups -OCH3 is 1. The first kappa shape index (κ1) is 16.3. The predicted molar refractivity (Wildman–Crippen MR) is 83.0 cm³/mol. The Morgan fingerprint density at radius 1 is 1.25 bits per heavy atom. The number of benzene rings is 1. The molecule has 20 heavy (non-hydrogen) atoms. The van der Waals surface area contributed by atoms with Gasteiger partial charge in [0.25, 0.3) is 5.91 Å². The van der Waals surface area contributed by atoms with Gasteiger partial charge in [-0.25, -0.2) is 0 Å². The first-order valence-electron chi connectivity index (χ1n) is 6.80. The van der Waals surface area contributed by atoms with Crippen LogP contribution in [-0.2, 0) is 0 Å². The monoisotopic (exact) mass is 278 g/mol. The summed E-state index contributed by atoms with van der Waals surface area (Å²) in [7, 11) is 1.53. The molecule has 0 aliphatic carbocycles. The Kier molecular flexibility index (Phi) is 4.69. The molecule has 0 bridgehead atoms. The Morgan fingerprint density at radius 2 is 1.85 bits per heavy atom. The van der Waals surface area contributed by atoms with E-state index in [2.05, 4.69) is 26.1 Å². The van der Waals surface area contributed by atoms with Gasteiger partial charge in [-0.1, -0.05) is 20.8 Å². The maximum absolute atomic E-state index is 12.4. The highest BCUT2D eigenvalue weighted by Gasteiger charge is 2.28. The van der Waals surface area contributed by atoms with Crippen LogP contribution < -0.4 is 15.8 Å². The van der Waals surface area contributed by atoms with Crippen LogP contribution in [0.25, 0.3) is 0 Å². The smallest absolute Gasteiger partial charge is 0.255 e. The van der Waals surface area contributed by atoms with Crippen LogP contribution in [0.4, 0.5) is 5.69 Å². The molecule has 0 heterocycles. The van der Waals surface area contributed by atoms with Gasteiger partial charge >= 0.3 is 0 Å². The number of carbonyl (C=O) groups is 1. The van der Waals surface area contributed by atoms with E-state index >= 15 is 0 Å². The largest absolute Gasteiger partial charge is 0.496 e. The summed E-state index contributed by atoms with van der Waals surface area (Å²) in [6.07, 6.45) is 0.878. The minimum absolute atomic E-state index is 0.141. The van der Waals surface area contributed by atoms with Crippen LogP contribution in [0.15, 0.2) is 18.2 Å². The third-order valence-corrected chi connectivity index (χ3v) is 2.89. The highest BCUT2D eigenvalue weighted by molar-refractivity contribution is 5.97. The van der Waals surface area contributed by atoms with E-state index in [1.54, 1.807) is 18.2 Å². The molecule has 0 aliphatic rings. The molecule has 0 saturated heterocycles. The van der Waals surface area contributed by atoms with Crippen LogP contribution in [0.5, 0.6) is 5.75 Å². The van der Waals surface area contributed by atoms with Crippen LogP contribution in [0.3, 0.4) is 0 Å². The number of ether oxygens (including phenoxy) is 1. The third kappa shape index (κ3) is 4.76. The van der Waals surface area contributed by atoms with Crippen LogP contribution in [0.2, 0.25) is 0 Å². The molecule has 0 saturated carbocycles. The van der Waals surface area contributed by atoms with Crippen molar-refractivity contribution in [2.45, 2.75) is 46.6 Å². The van der Waals surface area contributed by atoms with Crippen molar-refractivity contribution in [1.82, 2.24) is 5.32 Å². The van der Waals surface area contributed by atoms with E-state index in [4.69, 9.17) is 10.5 Å². The molecule has 0 spiro atoms. The van der Waals surface area contributed by atoms with E-state index in [0.29, 0.717) is 17.0 Å². The van der Waals surface area contributed by atoms with Gasteiger partial charge in [0.2, 0.25) is 0 Å². The summed E-state index contributed by atoms with van der Waals surface area (Å²) in [6, 6.07) is 5.05. The lowest BCUT2D eigenvalue weighted by Crippen LogP contribution is -2.45. The molecule has 3 N–H and O–H groups in total. The lowest BCUT2D eigenvalue weighted by atomic mass is 9.81. The van der Waals surface area contributed by atoms with Gasteiger partial charge in [0, 0.05) is 17.3 Å². The Labute approximate surface area is 121 Å². The maximum atomic E-state index is 12.4. The normalized spacial score (nSPS) is 12.1. The molecule has 4 heteroatoms. The summed E-state index contributed by atoms with van der Waals surface area (Å²) in [5.41, 5.74) is 6.63. The van der Waals surface area contributed by atoms with Crippen molar-refractivity contribution < 1.29 is 9.53 Å². The summed E-state index contributed by atoms with van der Waals surface area (Å²) in [4.78, 5) is 12.4. The average Bonchev–Trinajstić information content (AvgIpc) is 2.24. The van der Waals surface area contributed by atoms with Gasteiger partial charge in [-0.3, -0.25) is 4.79 Å². The van der Waals surface area contributed by atoms with Crippen molar-refractivity contribution in [2.24, 2.45) is 5.41 Å². The Bertz CT molecular complexity index is 488. The lowest BCUT2D eigenvalue weighted by molar-refractivity contribution is 0.0888. The number of carbonyl (C=O) groups excluding carboxylic acids is 1. The third-order valence-electron chi connectivity index (χ3n) is 2.89. The molecule has 0 atom stereocenters. The van der Waals surface area contributed by atoms with E-state index in [1.807, 2.05) is 13.8 Å². The van der Waals surface area contributed by atoms with Crippen molar-refractivity contribution in [2.75, 3.05) is 12.8 Å². The van der Waals surface area contributed by atoms with Crippen molar-refractivity contribution >= 4 is 11.6 Å². The molecular weight excluding hydrogens is 252 g/mol. The van der Waals surface area contributed by atoms with Gasteiger partial charge in [-0.15, -0.1) is 0 Å². The number of nitrogens with one attached hydrogen (secondary N) is 1. The number of nitrogen functional groups attached to an aromatic ring is 1. The molecule has 0 radical (unpaired) electrons. The Hall–Kier alpha value is -1.71. The Morgan fingerprint density at radius 3 is 2.35 bits per heavy atom. The summed E-state index contributed by atoms with van der Waals surface area (Å²) in [5.74, 6) is 0.352. The highest BCUT2D eigenvalue weighted by atomic mass is 16.5. The van der Waals surface area contributed by atoms with Crippen molar-refractivity contribution in [3.63, 3.8) is 0 Å². The molecule has 1 amide bonds.